The molecular weight excluding hydrogens is 300 g/mol. The van der Waals surface area contributed by atoms with Crippen LogP contribution < -0.4 is 15.8 Å². The summed E-state index contributed by atoms with van der Waals surface area (Å²) in [5.41, 5.74) is 5.80. The average molecular weight is 324 g/mol. The van der Waals surface area contributed by atoms with Crippen molar-refractivity contribution in [3.05, 3.63) is 29.8 Å². The van der Waals surface area contributed by atoms with Gasteiger partial charge in [-0.2, -0.15) is 0 Å². The second-order valence-electron chi connectivity index (χ2n) is 6.02. The number of ether oxygens (including phenoxy) is 2. The Morgan fingerprint density at radius 3 is 2.35 bits per heavy atom. The molecule has 7 heteroatoms. The minimum Gasteiger partial charge on any atom is -0.494 e. The van der Waals surface area contributed by atoms with Crippen LogP contribution in [0.5, 0.6) is 5.75 Å². The Kier molecular flexibility index (Phi) is 6.84. The molecule has 0 unspecified atom stereocenters. The zero-order valence-electron chi connectivity index (χ0n) is 13.7. The van der Waals surface area contributed by atoms with Gasteiger partial charge in [0.1, 0.15) is 17.4 Å². The second-order valence-corrected chi connectivity index (χ2v) is 6.02. The van der Waals surface area contributed by atoms with Gasteiger partial charge >= 0.3 is 12.1 Å². The molecule has 128 valence electrons. The van der Waals surface area contributed by atoms with E-state index in [0.717, 1.165) is 5.56 Å². The van der Waals surface area contributed by atoms with Crippen molar-refractivity contribution >= 4 is 12.1 Å². The van der Waals surface area contributed by atoms with E-state index in [1.165, 1.54) is 0 Å². The molecule has 0 aromatic heterocycles. The molecule has 0 bridgehead atoms. The second kappa shape index (κ2) is 8.38. The van der Waals surface area contributed by atoms with E-state index < -0.39 is 23.7 Å². The molecule has 0 aliphatic rings. The lowest BCUT2D eigenvalue weighted by atomic mass is 10.2. The Balaban J connectivity index is 2.46. The Bertz CT molecular complexity index is 522. The van der Waals surface area contributed by atoms with Crippen LogP contribution >= 0.6 is 0 Å². The predicted octanol–water partition coefficient (Wildman–Crippen LogP) is 1.89. The third-order valence-corrected chi connectivity index (χ3v) is 2.82. The summed E-state index contributed by atoms with van der Waals surface area (Å²) < 4.78 is 10.5. The highest BCUT2D eigenvalue weighted by atomic mass is 16.6. The quantitative estimate of drug-likeness (QED) is 0.706. The van der Waals surface area contributed by atoms with Gasteiger partial charge < -0.3 is 25.6 Å². The molecule has 1 rings (SSSR count). The number of nitrogens with two attached hydrogens (primary N) is 1. The molecule has 0 saturated heterocycles. The normalized spacial score (nSPS) is 12.3. The highest BCUT2D eigenvalue weighted by Crippen LogP contribution is 2.12. The molecule has 4 N–H and O–H groups in total. The Morgan fingerprint density at radius 2 is 1.87 bits per heavy atom. The van der Waals surface area contributed by atoms with Crippen LogP contribution in [0.4, 0.5) is 4.79 Å². The molecule has 0 aliphatic carbocycles. The van der Waals surface area contributed by atoms with E-state index >= 15 is 0 Å². The number of carbonyl (C=O) groups is 2. The van der Waals surface area contributed by atoms with Gasteiger partial charge in [0.05, 0.1) is 6.61 Å². The summed E-state index contributed by atoms with van der Waals surface area (Å²) in [5, 5.41) is 11.5. The molecule has 0 heterocycles. The van der Waals surface area contributed by atoms with Gasteiger partial charge in [-0.25, -0.2) is 9.59 Å². The summed E-state index contributed by atoms with van der Waals surface area (Å²) in [7, 11) is 0. The molecule has 23 heavy (non-hydrogen) atoms. The Hall–Kier alpha value is -2.28. The van der Waals surface area contributed by atoms with Crippen molar-refractivity contribution in [2.75, 3.05) is 6.61 Å². The lowest BCUT2D eigenvalue weighted by Crippen LogP contribution is -2.44. The van der Waals surface area contributed by atoms with Gasteiger partial charge in [-0.05, 0) is 38.5 Å². The molecular formula is C16H24N2O5. The first-order valence-electron chi connectivity index (χ1n) is 7.35. The Labute approximate surface area is 135 Å². The van der Waals surface area contributed by atoms with Gasteiger partial charge in [-0.1, -0.05) is 12.1 Å². The fraction of sp³-hybridized carbons (Fsp3) is 0.500. The summed E-state index contributed by atoms with van der Waals surface area (Å²) in [6.07, 6.45) is -0.648. The number of carboxylic acid groups (broad SMARTS) is 1. The molecule has 1 aromatic rings. The molecule has 0 saturated carbocycles. The van der Waals surface area contributed by atoms with Crippen molar-refractivity contribution in [3.63, 3.8) is 0 Å². The maximum Gasteiger partial charge on any atom is 0.408 e. The maximum absolute atomic E-state index is 11.6. The molecule has 0 aliphatic heterocycles. The molecule has 1 atom stereocenters. The van der Waals surface area contributed by atoms with Crippen molar-refractivity contribution in [2.24, 2.45) is 5.73 Å². The predicted molar refractivity (Wildman–Crippen MR) is 85.2 cm³/mol. The number of rotatable bonds is 7. The number of carboxylic acids is 1. The van der Waals surface area contributed by atoms with Gasteiger partial charge in [0, 0.05) is 13.0 Å². The first-order valence-corrected chi connectivity index (χ1v) is 7.35. The van der Waals surface area contributed by atoms with Crippen molar-refractivity contribution < 1.29 is 24.2 Å². The summed E-state index contributed by atoms with van der Waals surface area (Å²) >= 11 is 0. The van der Waals surface area contributed by atoms with E-state index in [9.17, 15) is 9.59 Å². The van der Waals surface area contributed by atoms with Crippen molar-refractivity contribution in [3.8, 4) is 5.75 Å². The van der Waals surface area contributed by atoms with Crippen LogP contribution in [0.3, 0.4) is 0 Å². The van der Waals surface area contributed by atoms with E-state index in [1.54, 1.807) is 32.9 Å². The maximum atomic E-state index is 11.6. The van der Waals surface area contributed by atoms with Gasteiger partial charge in [0.2, 0.25) is 0 Å². The third-order valence-electron chi connectivity index (χ3n) is 2.82. The summed E-state index contributed by atoms with van der Waals surface area (Å²) in [6.45, 7) is 5.71. The number of benzene rings is 1. The van der Waals surface area contributed by atoms with Gasteiger partial charge in [0.25, 0.3) is 0 Å². The first-order chi connectivity index (χ1) is 10.7. The lowest BCUT2D eigenvalue weighted by molar-refractivity contribution is -0.139. The summed E-state index contributed by atoms with van der Waals surface area (Å²) in [4.78, 5) is 22.8. The van der Waals surface area contributed by atoms with E-state index in [2.05, 4.69) is 5.32 Å². The van der Waals surface area contributed by atoms with E-state index in [-0.39, 0.29) is 13.0 Å². The minimum absolute atomic E-state index is 0.118. The average Bonchev–Trinajstić information content (AvgIpc) is 2.44. The Morgan fingerprint density at radius 1 is 1.26 bits per heavy atom. The summed E-state index contributed by atoms with van der Waals surface area (Å²) in [5.74, 6) is -0.526. The third kappa shape index (κ3) is 7.51. The standard InChI is InChI=1S/C16H24N2O5/c1-16(2,3)23-15(21)18-13(14(19)20)8-9-22-12-6-4-11(10-17)5-7-12/h4-7,13H,8-10,17H2,1-3H3,(H,18,21)(H,19,20)/t13-/m0/s1. The van der Waals surface area contributed by atoms with E-state index in [4.69, 9.17) is 20.3 Å². The molecule has 1 aromatic carbocycles. The van der Waals surface area contributed by atoms with Crippen molar-refractivity contribution in [2.45, 2.75) is 45.4 Å². The van der Waals surface area contributed by atoms with Gasteiger partial charge in [-0.15, -0.1) is 0 Å². The van der Waals surface area contributed by atoms with Crippen molar-refractivity contribution in [1.82, 2.24) is 5.32 Å². The molecule has 1 amide bonds. The largest absolute Gasteiger partial charge is 0.494 e. The van der Waals surface area contributed by atoms with Crippen LogP contribution in [0, 0.1) is 0 Å². The fourth-order valence-corrected chi connectivity index (χ4v) is 1.72. The van der Waals surface area contributed by atoms with E-state index in [1.807, 2.05) is 12.1 Å². The molecule has 7 nitrogen and oxygen atoms in total. The molecule has 0 spiro atoms. The van der Waals surface area contributed by atoms with Gasteiger partial charge in [0.15, 0.2) is 0 Å². The smallest absolute Gasteiger partial charge is 0.408 e. The number of amides is 1. The van der Waals surface area contributed by atoms with Crippen molar-refractivity contribution in [1.29, 1.82) is 0 Å². The van der Waals surface area contributed by atoms with Crippen LogP contribution in [0.1, 0.15) is 32.8 Å². The first kappa shape index (κ1) is 18.8. The number of carbonyl (C=O) groups excluding carboxylic acids is 1. The number of hydrogen-bond donors (Lipinski definition) is 3. The lowest BCUT2D eigenvalue weighted by Gasteiger charge is -2.22. The van der Waals surface area contributed by atoms with Crippen LogP contribution in [0.25, 0.3) is 0 Å². The number of nitrogens with one attached hydrogen (secondary N) is 1. The van der Waals surface area contributed by atoms with Crippen LogP contribution in [0.15, 0.2) is 24.3 Å². The number of alkyl carbamates (subject to hydrolysis) is 1. The SMILES string of the molecule is CC(C)(C)OC(=O)N[C@@H](CCOc1ccc(CN)cc1)C(=O)O. The van der Waals surface area contributed by atoms with Crippen LogP contribution in [0.2, 0.25) is 0 Å². The number of hydrogen-bond acceptors (Lipinski definition) is 5. The fourth-order valence-electron chi connectivity index (χ4n) is 1.72. The number of aliphatic carboxylic acids is 1. The van der Waals surface area contributed by atoms with E-state index in [0.29, 0.717) is 12.3 Å². The topological polar surface area (TPSA) is 111 Å². The van der Waals surface area contributed by atoms with Crippen LogP contribution in [-0.2, 0) is 16.1 Å². The molecule has 0 fully saturated rings. The zero-order valence-corrected chi connectivity index (χ0v) is 13.7. The highest BCUT2D eigenvalue weighted by molar-refractivity contribution is 5.79. The monoisotopic (exact) mass is 324 g/mol. The molecule has 0 radical (unpaired) electrons. The zero-order chi connectivity index (χ0) is 17.5. The van der Waals surface area contributed by atoms with Gasteiger partial charge in [-0.3, -0.25) is 0 Å². The van der Waals surface area contributed by atoms with Crippen LogP contribution in [-0.4, -0.2) is 35.4 Å². The highest BCUT2D eigenvalue weighted by Gasteiger charge is 2.23. The minimum atomic E-state index is -1.14. The summed E-state index contributed by atoms with van der Waals surface area (Å²) in [6, 6.07) is 6.12.